The van der Waals surface area contributed by atoms with Crippen molar-refractivity contribution in [3.05, 3.63) is 70.5 Å². The number of piperazine rings is 1. The molecule has 10 heteroatoms. The van der Waals surface area contributed by atoms with E-state index in [-0.39, 0.29) is 10.1 Å². The summed E-state index contributed by atoms with van der Waals surface area (Å²) in [5, 5.41) is 0. The number of thiophene rings is 1. The first kappa shape index (κ1) is 20.9. The second-order valence-corrected chi connectivity index (χ2v) is 10.5. The molecule has 0 aliphatic carbocycles. The molecule has 0 bridgehead atoms. The Morgan fingerprint density at radius 2 is 1.80 bits per heavy atom. The van der Waals surface area contributed by atoms with E-state index >= 15 is 0 Å². The molecule has 158 valence electrons. The summed E-state index contributed by atoms with van der Waals surface area (Å²) in [6.45, 7) is 3.54. The predicted molar refractivity (Wildman–Crippen MR) is 116 cm³/mol. The number of carbonyl (C=O) groups excluding carboxylic acids is 1. The summed E-state index contributed by atoms with van der Waals surface area (Å²) in [5.41, 5.74) is 0.913. The van der Waals surface area contributed by atoms with Crippen LogP contribution in [-0.4, -0.2) is 50.3 Å². The quantitative estimate of drug-likeness (QED) is 0.599. The lowest BCUT2D eigenvalue weighted by Gasteiger charge is -2.34. The largest absolute Gasteiger partial charge is 0.468 e. The van der Waals surface area contributed by atoms with Crippen molar-refractivity contribution < 1.29 is 17.6 Å². The number of halogens is 1. The molecule has 4 rings (SSSR count). The van der Waals surface area contributed by atoms with Crippen LogP contribution in [0.25, 0.3) is 0 Å². The van der Waals surface area contributed by atoms with E-state index < -0.39 is 10.0 Å². The van der Waals surface area contributed by atoms with E-state index in [0.29, 0.717) is 28.7 Å². The molecular formula is C20H20ClN3O4S2. The molecule has 1 aliphatic rings. The molecule has 1 saturated heterocycles. The summed E-state index contributed by atoms with van der Waals surface area (Å²) >= 11 is 6.81. The topological polar surface area (TPSA) is 82.9 Å². The van der Waals surface area contributed by atoms with Crippen molar-refractivity contribution in [3.63, 3.8) is 0 Å². The Morgan fingerprint density at radius 3 is 2.40 bits per heavy atom. The van der Waals surface area contributed by atoms with Gasteiger partial charge in [-0.1, -0.05) is 11.6 Å². The monoisotopic (exact) mass is 465 g/mol. The maximum absolute atomic E-state index is 12.8. The van der Waals surface area contributed by atoms with Gasteiger partial charge in [0.1, 0.15) is 9.97 Å². The first-order chi connectivity index (χ1) is 14.4. The fraction of sp³-hybridized carbons (Fsp3) is 0.250. The van der Waals surface area contributed by atoms with Gasteiger partial charge in [-0.3, -0.25) is 14.4 Å². The van der Waals surface area contributed by atoms with Crippen LogP contribution in [0.4, 0.5) is 5.69 Å². The second kappa shape index (κ2) is 8.81. The third-order valence-corrected chi connectivity index (χ3v) is 7.92. The van der Waals surface area contributed by atoms with Crippen LogP contribution < -0.4 is 4.72 Å². The number of hydrogen-bond acceptors (Lipinski definition) is 6. The number of nitrogens with zero attached hydrogens (tertiary/aromatic N) is 2. The lowest BCUT2D eigenvalue weighted by molar-refractivity contribution is 0.0620. The summed E-state index contributed by atoms with van der Waals surface area (Å²) in [5.74, 6) is 0.852. The van der Waals surface area contributed by atoms with E-state index in [2.05, 4.69) is 9.62 Å². The molecule has 3 heterocycles. The highest BCUT2D eigenvalue weighted by Gasteiger charge is 2.23. The highest BCUT2D eigenvalue weighted by atomic mass is 35.5. The maximum atomic E-state index is 12.8. The molecule has 7 nitrogen and oxygen atoms in total. The molecule has 1 amide bonds. The van der Waals surface area contributed by atoms with Crippen molar-refractivity contribution in [2.75, 3.05) is 30.9 Å². The Morgan fingerprint density at radius 1 is 1.07 bits per heavy atom. The summed E-state index contributed by atoms with van der Waals surface area (Å²) in [6, 6.07) is 13.3. The molecule has 0 saturated carbocycles. The molecule has 1 fully saturated rings. The normalized spacial score (nSPS) is 15.3. The molecule has 0 spiro atoms. The van der Waals surface area contributed by atoms with Crippen molar-refractivity contribution >= 4 is 44.6 Å². The molecule has 3 aromatic rings. The summed E-state index contributed by atoms with van der Waals surface area (Å²) < 4.78 is 33.2. The van der Waals surface area contributed by atoms with Gasteiger partial charge in [0.25, 0.3) is 15.9 Å². The first-order valence-electron chi connectivity index (χ1n) is 9.33. The molecular weight excluding hydrogens is 446 g/mol. The van der Waals surface area contributed by atoms with Gasteiger partial charge < -0.3 is 9.32 Å². The number of anilines is 1. The van der Waals surface area contributed by atoms with Crippen LogP contribution >= 0.6 is 22.9 Å². The van der Waals surface area contributed by atoms with E-state index in [4.69, 9.17) is 16.0 Å². The van der Waals surface area contributed by atoms with Crippen LogP contribution in [0.1, 0.15) is 16.1 Å². The van der Waals surface area contributed by atoms with E-state index in [1.165, 1.54) is 12.1 Å². The Hall–Kier alpha value is -2.33. The Kier molecular flexibility index (Phi) is 6.14. The van der Waals surface area contributed by atoms with Crippen LogP contribution in [0.2, 0.25) is 4.34 Å². The minimum absolute atomic E-state index is 0.0629. The maximum Gasteiger partial charge on any atom is 0.271 e. The predicted octanol–water partition coefficient (Wildman–Crippen LogP) is 3.75. The smallest absolute Gasteiger partial charge is 0.271 e. The van der Waals surface area contributed by atoms with Crippen molar-refractivity contribution in [3.8, 4) is 0 Å². The lowest BCUT2D eigenvalue weighted by Crippen LogP contribution is -2.48. The van der Waals surface area contributed by atoms with Crippen LogP contribution in [-0.2, 0) is 16.6 Å². The summed E-state index contributed by atoms with van der Waals surface area (Å²) in [7, 11) is -3.70. The number of rotatable bonds is 6. The van der Waals surface area contributed by atoms with Crippen molar-refractivity contribution in [2.24, 2.45) is 0 Å². The molecule has 2 aromatic heterocycles. The number of nitrogens with one attached hydrogen (secondary N) is 1. The minimum Gasteiger partial charge on any atom is -0.468 e. The first-order valence-corrected chi connectivity index (χ1v) is 12.0. The SMILES string of the molecule is O=C(c1ccc(NS(=O)(=O)c2ccc(Cl)s2)cc1)N1CCN(Cc2ccco2)CC1. The summed E-state index contributed by atoms with van der Waals surface area (Å²) in [4.78, 5) is 16.8. The molecule has 0 radical (unpaired) electrons. The van der Waals surface area contributed by atoms with Crippen molar-refractivity contribution in [2.45, 2.75) is 10.8 Å². The Bertz CT molecular complexity index is 1100. The van der Waals surface area contributed by atoms with E-state index in [9.17, 15) is 13.2 Å². The molecule has 0 unspecified atom stereocenters. The molecule has 30 heavy (non-hydrogen) atoms. The molecule has 0 atom stereocenters. The van der Waals surface area contributed by atoms with Gasteiger partial charge in [0.15, 0.2) is 0 Å². The fourth-order valence-corrected chi connectivity index (χ4v) is 5.78. The zero-order valence-electron chi connectivity index (χ0n) is 16.0. The van der Waals surface area contributed by atoms with Crippen molar-refractivity contribution in [1.29, 1.82) is 0 Å². The van der Waals surface area contributed by atoms with Crippen molar-refractivity contribution in [1.82, 2.24) is 9.80 Å². The van der Waals surface area contributed by atoms with E-state index in [1.807, 2.05) is 17.0 Å². The lowest BCUT2D eigenvalue weighted by atomic mass is 10.1. The number of hydrogen-bond donors (Lipinski definition) is 1. The van der Waals surface area contributed by atoms with Crippen LogP contribution in [0.15, 0.2) is 63.4 Å². The van der Waals surface area contributed by atoms with Gasteiger partial charge in [-0.15, -0.1) is 11.3 Å². The number of amides is 1. The molecule has 1 aromatic carbocycles. The highest BCUT2D eigenvalue weighted by molar-refractivity contribution is 7.94. The van der Waals surface area contributed by atoms with Gasteiger partial charge in [-0.25, -0.2) is 8.42 Å². The second-order valence-electron chi connectivity index (χ2n) is 6.89. The number of benzene rings is 1. The molecule has 1 N–H and O–H groups in total. The standard InChI is InChI=1S/C20H20ClN3O4S2/c21-18-7-8-19(29-18)30(26,27)22-16-5-3-15(4-6-16)20(25)24-11-9-23(10-12-24)14-17-2-1-13-28-17/h1-8,13,22H,9-12,14H2. The van der Waals surface area contributed by atoms with Crippen LogP contribution in [0.3, 0.4) is 0 Å². The molecule has 1 aliphatic heterocycles. The van der Waals surface area contributed by atoms with E-state index in [0.717, 1.165) is 36.7 Å². The minimum atomic E-state index is -3.70. The number of carbonyl (C=O) groups is 1. The van der Waals surface area contributed by atoms with E-state index in [1.54, 1.807) is 30.5 Å². The number of sulfonamides is 1. The average molecular weight is 466 g/mol. The average Bonchev–Trinajstić information content (AvgIpc) is 3.40. The van der Waals surface area contributed by atoms with Gasteiger partial charge in [0.05, 0.1) is 17.1 Å². The zero-order valence-corrected chi connectivity index (χ0v) is 18.3. The van der Waals surface area contributed by atoms with Gasteiger partial charge in [-0.05, 0) is 48.5 Å². The summed E-state index contributed by atoms with van der Waals surface area (Å²) in [6.07, 6.45) is 1.66. The van der Waals surface area contributed by atoms with Gasteiger partial charge in [0, 0.05) is 37.4 Å². The zero-order chi connectivity index (χ0) is 21.1. The van der Waals surface area contributed by atoms with Crippen LogP contribution in [0.5, 0.6) is 0 Å². The Labute approximate surface area is 183 Å². The van der Waals surface area contributed by atoms with Gasteiger partial charge in [-0.2, -0.15) is 0 Å². The number of furan rings is 1. The highest BCUT2D eigenvalue weighted by Crippen LogP contribution is 2.27. The third kappa shape index (κ3) is 4.86. The fourth-order valence-electron chi connectivity index (χ4n) is 3.24. The third-order valence-electron chi connectivity index (χ3n) is 4.82. The van der Waals surface area contributed by atoms with Gasteiger partial charge >= 0.3 is 0 Å². The Balaban J connectivity index is 1.34. The van der Waals surface area contributed by atoms with Crippen LogP contribution in [0, 0.1) is 0 Å². The van der Waals surface area contributed by atoms with Gasteiger partial charge in [0.2, 0.25) is 0 Å².